The molecule has 0 saturated carbocycles. The molecular weight excluding hydrogens is 620 g/mol. The van der Waals surface area contributed by atoms with E-state index >= 15 is 0 Å². The summed E-state index contributed by atoms with van der Waals surface area (Å²) < 4.78 is 22.7. The van der Waals surface area contributed by atoms with Crippen LogP contribution in [0.3, 0.4) is 0 Å². The summed E-state index contributed by atoms with van der Waals surface area (Å²) in [5.41, 5.74) is 4.38. The maximum atomic E-state index is 12.6. The Hall–Kier alpha value is -4.29. The van der Waals surface area contributed by atoms with Gasteiger partial charge in [0.05, 0.1) is 36.6 Å². The van der Waals surface area contributed by atoms with Crippen LogP contribution in [0.1, 0.15) is 31.2 Å². The van der Waals surface area contributed by atoms with Crippen LogP contribution in [0.15, 0.2) is 73.8 Å². The second-order valence-electron chi connectivity index (χ2n) is 8.61. The van der Waals surface area contributed by atoms with Crippen LogP contribution in [0.2, 0.25) is 5.02 Å². The number of allylic oxidation sites excluding steroid dienone is 1. The summed E-state index contributed by atoms with van der Waals surface area (Å²) in [6.07, 6.45) is 1.36. The van der Waals surface area contributed by atoms with Gasteiger partial charge in [0.2, 0.25) is 0 Å². The van der Waals surface area contributed by atoms with Crippen LogP contribution in [0.25, 0.3) is 11.3 Å². The molecule has 214 valence electrons. The summed E-state index contributed by atoms with van der Waals surface area (Å²) in [4.78, 5) is 37.0. The number of hydrogen-bond donors (Lipinski definition) is 3. The average Bonchev–Trinajstić information content (AvgIpc) is 3.42. The Balaban J connectivity index is 1.38. The lowest BCUT2D eigenvalue weighted by atomic mass is 9.95. The van der Waals surface area contributed by atoms with Crippen LogP contribution in [-0.4, -0.2) is 44.4 Å². The lowest BCUT2D eigenvalue weighted by Gasteiger charge is -2.28. The molecule has 0 saturated heterocycles. The monoisotopic (exact) mass is 644 g/mol. The van der Waals surface area contributed by atoms with Crippen LogP contribution in [-0.2, 0) is 14.3 Å². The van der Waals surface area contributed by atoms with E-state index < -0.39 is 23.9 Å². The zero-order valence-electron chi connectivity index (χ0n) is 22.2. The van der Waals surface area contributed by atoms with Crippen LogP contribution in [0, 0.1) is 0 Å². The van der Waals surface area contributed by atoms with Crippen LogP contribution < -0.4 is 25.5 Å². The number of methoxy groups -OCH3 is 1. The predicted molar refractivity (Wildman–Crippen MR) is 155 cm³/mol. The standard InChI is InChI=1S/C28H26BrClN4O7/c1-4-39-27(36)25-15(2)32-28(37)33-26(25)17-6-9-22(23(12-17)38-3)40-14-24(35)34-31-13-18-7-10-21(41-18)16-5-8-19(29)20(30)11-16/h5-13,26H,4,14H2,1-3H3,(H,34,35)(H2,32,33,37)/b31-13-/t26-/m0/s1. The molecule has 1 aliphatic heterocycles. The summed E-state index contributed by atoms with van der Waals surface area (Å²) in [7, 11) is 1.44. The lowest BCUT2D eigenvalue weighted by Crippen LogP contribution is -2.45. The van der Waals surface area contributed by atoms with Gasteiger partial charge in [-0.05, 0) is 71.7 Å². The van der Waals surface area contributed by atoms with Gasteiger partial charge >= 0.3 is 12.0 Å². The minimum absolute atomic E-state index is 0.183. The van der Waals surface area contributed by atoms with E-state index in [0.29, 0.717) is 33.6 Å². The highest BCUT2D eigenvalue weighted by molar-refractivity contribution is 9.10. The highest BCUT2D eigenvalue weighted by Gasteiger charge is 2.32. The number of carbonyl (C=O) groups is 3. The topological polar surface area (TPSA) is 140 Å². The number of esters is 1. The van der Waals surface area contributed by atoms with Crippen molar-refractivity contribution in [3.05, 3.63) is 80.6 Å². The van der Waals surface area contributed by atoms with Gasteiger partial charge < -0.3 is 29.3 Å². The molecule has 3 N–H and O–H groups in total. The van der Waals surface area contributed by atoms with Crippen molar-refractivity contribution in [3.63, 3.8) is 0 Å². The fourth-order valence-electron chi connectivity index (χ4n) is 3.98. The summed E-state index contributed by atoms with van der Waals surface area (Å²) in [5, 5.41) is 9.77. The van der Waals surface area contributed by atoms with E-state index in [-0.39, 0.29) is 24.5 Å². The molecule has 0 fully saturated rings. The quantitative estimate of drug-likeness (QED) is 0.159. The third-order valence-electron chi connectivity index (χ3n) is 5.86. The molecule has 0 bridgehead atoms. The molecule has 1 aliphatic rings. The van der Waals surface area contributed by atoms with Crippen molar-refractivity contribution in [2.45, 2.75) is 19.9 Å². The van der Waals surface area contributed by atoms with Crippen molar-refractivity contribution in [1.82, 2.24) is 16.1 Å². The van der Waals surface area contributed by atoms with Crippen molar-refractivity contribution < 1.29 is 33.0 Å². The molecule has 3 amide bonds. The molecule has 0 unspecified atom stereocenters. The van der Waals surface area contributed by atoms with E-state index in [2.05, 4.69) is 37.1 Å². The summed E-state index contributed by atoms with van der Waals surface area (Å²) >= 11 is 9.50. The first-order chi connectivity index (χ1) is 19.7. The zero-order chi connectivity index (χ0) is 29.5. The predicted octanol–water partition coefficient (Wildman–Crippen LogP) is 5.09. The van der Waals surface area contributed by atoms with Gasteiger partial charge in [-0.3, -0.25) is 4.79 Å². The highest BCUT2D eigenvalue weighted by Crippen LogP contribution is 2.35. The highest BCUT2D eigenvalue weighted by atomic mass is 79.9. The van der Waals surface area contributed by atoms with Crippen molar-refractivity contribution in [2.75, 3.05) is 20.3 Å². The third-order valence-corrected chi connectivity index (χ3v) is 7.09. The molecule has 3 aromatic rings. The minimum atomic E-state index is -0.772. The zero-order valence-corrected chi connectivity index (χ0v) is 24.6. The number of carbonyl (C=O) groups excluding carboxylic acids is 3. The molecule has 1 atom stereocenters. The number of furan rings is 1. The second kappa shape index (κ2) is 13.4. The molecular formula is C28H26BrClN4O7. The number of rotatable bonds is 10. The first-order valence-electron chi connectivity index (χ1n) is 12.3. The lowest BCUT2D eigenvalue weighted by molar-refractivity contribution is -0.139. The van der Waals surface area contributed by atoms with Crippen LogP contribution in [0.5, 0.6) is 11.5 Å². The van der Waals surface area contributed by atoms with E-state index in [1.165, 1.54) is 13.3 Å². The number of hydrogen-bond acceptors (Lipinski definition) is 8. The Morgan fingerprint density at radius 2 is 1.98 bits per heavy atom. The van der Waals surface area contributed by atoms with E-state index in [4.69, 9.17) is 30.2 Å². The molecule has 2 heterocycles. The number of urea groups is 1. The van der Waals surface area contributed by atoms with Crippen LogP contribution in [0.4, 0.5) is 4.79 Å². The largest absolute Gasteiger partial charge is 0.493 e. The molecule has 41 heavy (non-hydrogen) atoms. The fourth-order valence-corrected chi connectivity index (χ4v) is 4.40. The van der Waals surface area contributed by atoms with Gasteiger partial charge in [0, 0.05) is 15.7 Å². The Kier molecular flexibility index (Phi) is 9.69. The molecule has 1 aromatic heterocycles. The molecule has 4 rings (SSSR count). The summed E-state index contributed by atoms with van der Waals surface area (Å²) in [5.74, 6) is 0.515. The van der Waals surface area contributed by atoms with Gasteiger partial charge in [-0.2, -0.15) is 5.10 Å². The summed E-state index contributed by atoms with van der Waals surface area (Å²) in [6.45, 7) is 3.15. The molecule has 0 aliphatic carbocycles. The SMILES string of the molecule is CCOC(=O)C1=C(C)NC(=O)N[C@H]1c1ccc(OCC(=O)N/N=C\c2ccc(-c3ccc(Br)c(Cl)c3)o2)c(OC)c1. The normalized spacial score (nSPS) is 14.9. The fraction of sp³-hybridized carbons (Fsp3) is 0.214. The Labute approximate surface area is 249 Å². The van der Waals surface area contributed by atoms with E-state index in [0.717, 1.165) is 10.0 Å². The van der Waals surface area contributed by atoms with Gasteiger partial charge in [-0.1, -0.05) is 23.7 Å². The number of nitrogens with zero attached hydrogens (tertiary/aromatic N) is 1. The number of amides is 3. The number of hydrazone groups is 1. The number of halogens is 2. The Morgan fingerprint density at radius 3 is 2.71 bits per heavy atom. The van der Waals surface area contributed by atoms with Gasteiger partial charge in [0.1, 0.15) is 11.5 Å². The smallest absolute Gasteiger partial charge is 0.338 e. The molecule has 0 spiro atoms. The van der Waals surface area contributed by atoms with Gasteiger partial charge in [-0.25, -0.2) is 15.0 Å². The Bertz CT molecular complexity index is 1540. The van der Waals surface area contributed by atoms with Gasteiger partial charge in [0.25, 0.3) is 5.91 Å². The Morgan fingerprint density at radius 1 is 1.17 bits per heavy atom. The van der Waals surface area contributed by atoms with Gasteiger partial charge in [-0.15, -0.1) is 0 Å². The van der Waals surface area contributed by atoms with Crippen molar-refractivity contribution >= 4 is 51.7 Å². The number of benzene rings is 2. The number of nitrogens with one attached hydrogen (secondary N) is 3. The van der Waals surface area contributed by atoms with Crippen molar-refractivity contribution in [3.8, 4) is 22.8 Å². The van der Waals surface area contributed by atoms with Gasteiger partial charge in [0.15, 0.2) is 18.1 Å². The molecule has 2 aromatic carbocycles. The second-order valence-corrected chi connectivity index (χ2v) is 9.88. The maximum absolute atomic E-state index is 12.6. The van der Waals surface area contributed by atoms with E-state index in [1.807, 2.05) is 12.1 Å². The van der Waals surface area contributed by atoms with E-state index in [9.17, 15) is 14.4 Å². The minimum Gasteiger partial charge on any atom is -0.493 e. The van der Waals surface area contributed by atoms with E-state index in [1.54, 1.807) is 50.2 Å². The maximum Gasteiger partial charge on any atom is 0.338 e. The van der Waals surface area contributed by atoms with Crippen molar-refractivity contribution in [1.29, 1.82) is 0 Å². The first-order valence-corrected chi connectivity index (χ1v) is 13.5. The first kappa shape index (κ1) is 29.7. The van der Waals surface area contributed by atoms with Crippen LogP contribution >= 0.6 is 27.5 Å². The van der Waals surface area contributed by atoms with Crippen molar-refractivity contribution in [2.24, 2.45) is 5.10 Å². The summed E-state index contributed by atoms with van der Waals surface area (Å²) in [6, 6.07) is 12.5. The molecule has 13 heteroatoms. The average molecular weight is 646 g/mol. The third kappa shape index (κ3) is 7.27. The number of ether oxygens (including phenoxy) is 3. The molecule has 0 radical (unpaired) electrons. The molecule has 11 nitrogen and oxygen atoms in total.